The largest absolute Gasteiger partial charge is 0.478 e. The average Bonchev–Trinajstić information content (AvgIpc) is 2.91. The molecule has 1 aliphatic heterocycles. The fourth-order valence-corrected chi connectivity index (χ4v) is 1.82. The van der Waals surface area contributed by atoms with Gasteiger partial charge in [0.15, 0.2) is 0 Å². The number of hydrogen-bond acceptors (Lipinski definition) is 4. The third kappa shape index (κ3) is 2.48. The number of pyridine rings is 1. The van der Waals surface area contributed by atoms with Crippen LogP contribution >= 0.6 is 0 Å². The highest BCUT2D eigenvalue weighted by Crippen LogP contribution is 2.13. The average molecular weight is 250 g/mol. The highest BCUT2D eigenvalue weighted by atomic mass is 16.5. The Morgan fingerprint density at radius 2 is 2.28 bits per heavy atom. The smallest absolute Gasteiger partial charge is 0.337 e. The Balaban J connectivity index is 2.10. The minimum Gasteiger partial charge on any atom is -0.478 e. The number of aromatic carboxylic acids is 1. The Morgan fingerprint density at radius 1 is 1.50 bits per heavy atom. The van der Waals surface area contributed by atoms with E-state index in [1.807, 2.05) is 0 Å². The van der Waals surface area contributed by atoms with Crippen molar-refractivity contribution in [2.45, 2.75) is 12.5 Å². The number of amides is 1. The van der Waals surface area contributed by atoms with E-state index in [4.69, 9.17) is 9.84 Å². The Kier molecular flexibility index (Phi) is 3.57. The topological polar surface area (TPSA) is 79.7 Å². The van der Waals surface area contributed by atoms with Crippen molar-refractivity contribution in [2.24, 2.45) is 0 Å². The first-order chi connectivity index (χ1) is 8.59. The lowest BCUT2D eigenvalue weighted by Crippen LogP contribution is -2.37. The minimum atomic E-state index is -1.06. The van der Waals surface area contributed by atoms with Crippen molar-refractivity contribution in [1.82, 2.24) is 9.88 Å². The molecule has 0 spiro atoms. The van der Waals surface area contributed by atoms with Gasteiger partial charge in [0.1, 0.15) is 5.69 Å². The van der Waals surface area contributed by atoms with Gasteiger partial charge in [0.2, 0.25) is 0 Å². The number of carbonyl (C=O) groups is 2. The number of nitrogens with zero attached hydrogens (tertiary/aromatic N) is 2. The second kappa shape index (κ2) is 5.14. The predicted octanol–water partition coefficient (Wildman–Crippen LogP) is 0.641. The maximum atomic E-state index is 12.1. The van der Waals surface area contributed by atoms with Crippen LogP contribution in [0.1, 0.15) is 27.3 Å². The Labute approximate surface area is 104 Å². The molecule has 1 aromatic heterocycles. The number of carboxylic acids is 1. The van der Waals surface area contributed by atoms with Crippen LogP contribution in [0.2, 0.25) is 0 Å². The number of carboxylic acid groups (broad SMARTS) is 1. The number of likely N-dealkylation sites (N-methyl/N-ethyl adjacent to an activating group) is 1. The molecule has 1 aromatic rings. The Morgan fingerprint density at radius 3 is 2.78 bits per heavy atom. The van der Waals surface area contributed by atoms with Gasteiger partial charge >= 0.3 is 5.97 Å². The monoisotopic (exact) mass is 250 g/mol. The molecule has 0 saturated carbocycles. The molecule has 0 radical (unpaired) electrons. The van der Waals surface area contributed by atoms with E-state index < -0.39 is 5.97 Å². The van der Waals surface area contributed by atoms with Gasteiger partial charge in [-0.2, -0.15) is 0 Å². The molecule has 96 valence electrons. The fourth-order valence-electron chi connectivity index (χ4n) is 1.82. The summed E-state index contributed by atoms with van der Waals surface area (Å²) in [5.41, 5.74) is 0.313. The van der Waals surface area contributed by atoms with Crippen molar-refractivity contribution in [2.75, 3.05) is 20.3 Å². The van der Waals surface area contributed by atoms with Crippen molar-refractivity contribution >= 4 is 11.9 Å². The molecule has 1 amide bonds. The number of carbonyl (C=O) groups excluding carboxylic acids is 1. The van der Waals surface area contributed by atoms with Crippen LogP contribution < -0.4 is 0 Å². The molecule has 1 atom stereocenters. The summed E-state index contributed by atoms with van der Waals surface area (Å²) >= 11 is 0. The molecule has 1 unspecified atom stereocenters. The summed E-state index contributed by atoms with van der Waals surface area (Å²) in [4.78, 5) is 28.2. The zero-order chi connectivity index (χ0) is 13.1. The van der Waals surface area contributed by atoms with Gasteiger partial charge in [0, 0.05) is 19.9 Å². The van der Waals surface area contributed by atoms with E-state index in [0.717, 1.165) is 6.42 Å². The third-order valence-electron chi connectivity index (χ3n) is 3.00. The Bertz CT molecular complexity index is 452. The van der Waals surface area contributed by atoms with E-state index >= 15 is 0 Å². The second-order valence-electron chi connectivity index (χ2n) is 4.17. The van der Waals surface area contributed by atoms with Gasteiger partial charge in [0.25, 0.3) is 5.91 Å². The zero-order valence-electron chi connectivity index (χ0n) is 10.00. The lowest BCUT2D eigenvalue weighted by molar-refractivity contribution is 0.0685. The van der Waals surface area contributed by atoms with Gasteiger partial charge < -0.3 is 14.7 Å². The third-order valence-corrected chi connectivity index (χ3v) is 3.00. The van der Waals surface area contributed by atoms with Crippen molar-refractivity contribution in [3.05, 3.63) is 29.6 Å². The van der Waals surface area contributed by atoms with Crippen LogP contribution in [0.4, 0.5) is 0 Å². The van der Waals surface area contributed by atoms with Crippen molar-refractivity contribution < 1.29 is 19.4 Å². The molecule has 0 bridgehead atoms. The summed E-state index contributed by atoms with van der Waals surface area (Å²) in [6.07, 6.45) is 2.00. The van der Waals surface area contributed by atoms with Crippen LogP contribution in [0.5, 0.6) is 0 Å². The minimum absolute atomic E-state index is 0.0680. The molecular formula is C12H14N2O4. The van der Waals surface area contributed by atoms with Crippen molar-refractivity contribution in [3.63, 3.8) is 0 Å². The van der Waals surface area contributed by atoms with E-state index in [0.29, 0.717) is 13.2 Å². The standard InChI is InChI=1S/C12H14N2O4/c1-14(9-4-5-18-7-9)11(15)10-3-2-8(6-13-10)12(16)17/h2-3,6,9H,4-5,7H2,1H3,(H,16,17). The van der Waals surface area contributed by atoms with Crippen LogP contribution in [0, 0.1) is 0 Å². The first-order valence-corrected chi connectivity index (χ1v) is 5.64. The van der Waals surface area contributed by atoms with Gasteiger partial charge in [-0.05, 0) is 18.6 Å². The van der Waals surface area contributed by atoms with Crippen LogP contribution in [-0.2, 0) is 4.74 Å². The highest BCUT2D eigenvalue weighted by Gasteiger charge is 2.25. The maximum absolute atomic E-state index is 12.1. The van der Waals surface area contributed by atoms with Gasteiger partial charge in [-0.3, -0.25) is 9.78 Å². The Hall–Kier alpha value is -1.95. The van der Waals surface area contributed by atoms with E-state index in [1.165, 1.54) is 18.3 Å². The lowest BCUT2D eigenvalue weighted by atomic mass is 10.2. The van der Waals surface area contributed by atoms with Gasteiger partial charge in [-0.15, -0.1) is 0 Å². The molecule has 2 heterocycles. The first kappa shape index (κ1) is 12.5. The van der Waals surface area contributed by atoms with Crippen LogP contribution in [0.25, 0.3) is 0 Å². The molecule has 6 nitrogen and oxygen atoms in total. The van der Waals surface area contributed by atoms with Crippen LogP contribution in [0.15, 0.2) is 18.3 Å². The van der Waals surface area contributed by atoms with Crippen LogP contribution in [-0.4, -0.2) is 53.2 Å². The summed E-state index contributed by atoms with van der Waals surface area (Å²) in [6.45, 7) is 1.20. The quantitative estimate of drug-likeness (QED) is 0.851. The van der Waals surface area contributed by atoms with Gasteiger partial charge in [0.05, 0.1) is 18.2 Å². The second-order valence-corrected chi connectivity index (χ2v) is 4.17. The fraction of sp³-hybridized carbons (Fsp3) is 0.417. The molecule has 1 saturated heterocycles. The number of ether oxygens (including phenoxy) is 1. The van der Waals surface area contributed by atoms with E-state index in [1.54, 1.807) is 11.9 Å². The molecule has 1 fully saturated rings. The van der Waals surface area contributed by atoms with E-state index in [-0.39, 0.29) is 23.2 Å². The number of rotatable bonds is 3. The lowest BCUT2D eigenvalue weighted by Gasteiger charge is -2.22. The molecule has 2 rings (SSSR count). The van der Waals surface area contributed by atoms with Crippen LogP contribution in [0.3, 0.4) is 0 Å². The molecule has 1 N–H and O–H groups in total. The van der Waals surface area contributed by atoms with Gasteiger partial charge in [-0.1, -0.05) is 0 Å². The summed E-state index contributed by atoms with van der Waals surface area (Å²) in [5, 5.41) is 8.74. The molecule has 18 heavy (non-hydrogen) atoms. The number of aromatic nitrogens is 1. The van der Waals surface area contributed by atoms with E-state index in [9.17, 15) is 9.59 Å². The highest BCUT2D eigenvalue weighted by molar-refractivity contribution is 5.93. The molecular weight excluding hydrogens is 236 g/mol. The number of hydrogen-bond donors (Lipinski definition) is 1. The summed E-state index contributed by atoms with van der Waals surface area (Å²) in [6, 6.07) is 2.87. The van der Waals surface area contributed by atoms with Crippen molar-refractivity contribution in [1.29, 1.82) is 0 Å². The molecule has 1 aliphatic rings. The summed E-state index contributed by atoms with van der Waals surface area (Å²) < 4.78 is 5.22. The summed E-state index contributed by atoms with van der Waals surface area (Å²) in [5.74, 6) is -1.28. The zero-order valence-corrected chi connectivity index (χ0v) is 10.00. The van der Waals surface area contributed by atoms with Crippen molar-refractivity contribution in [3.8, 4) is 0 Å². The van der Waals surface area contributed by atoms with E-state index in [2.05, 4.69) is 4.98 Å². The maximum Gasteiger partial charge on any atom is 0.337 e. The SMILES string of the molecule is CN(C(=O)c1ccc(C(=O)O)cn1)C1CCOC1. The normalized spacial score (nSPS) is 18.6. The summed E-state index contributed by atoms with van der Waals surface area (Å²) in [7, 11) is 1.70. The molecule has 0 aliphatic carbocycles. The predicted molar refractivity (Wildman–Crippen MR) is 62.5 cm³/mol. The molecule has 6 heteroatoms. The first-order valence-electron chi connectivity index (χ1n) is 5.64. The molecule has 0 aromatic carbocycles. The van der Waals surface area contributed by atoms with Gasteiger partial charge in [-0.25, -0.2) is 4.79 Å².